The molecule has 0 spiro atoms. The monoisotopic (exact) mass is 155 g/mol. The van der Waals surface area contributed by atoms with E-state index in [2.05, 4.69) is 10.5 Å². The van der Waals surface area contributed by atoms with Gasteiger partial charge in [0.2, 0.25) is 0 Å². The van der Waals surface area contributed by atoms with Gasteiger partial charge in [0.25, 0.3) is 0 Å². The van der Waals surface area contributed by atoms with Crippen LogP contribution in [0, 0.1) is 0 Å². The van der Waals surface area contributed by atoms with E-state index >= 15 is 0 Å². The van der Waals surface area contributed by atoms with E-state index in [1.807, 2.05) is 0 Å². The quantitative estimate of drug-likeness (QED) is 0.476. The Bertz CT molecular complexity index is 208. The number of rotatable bonds is 0. The van der Waals surface area contributed by atoms with Crippen LogP contribution in [0.15, 0.2) is 16.9 Å². The van der Waals surface area contributed by atoms with Crippen LogP contribution in [0.4, 0.5) is 0 Å². The van der Waals surface area contributed by atoms with Gasteiger partial charge in [0, 0.05) is 5.57 Å². The number of nitrogens with zero attached hydrogens (tertiary/aromatic N) is 2. The molecule has 1 heterocycles. The SMILES string of the molecule is ClC1CCCC2=N[N]C=C21. The third-order valence-corrected chi connectivity index (χ3v) is 2.37. The second kappa shape index (κ2) is 2.27. The fourth-order valence-electron chi connectivity index (χ4n) is 1.35. The third-order valence-electron chi connectivity index (χ3n) is 1.92. The number of hydrogen-bond acceptors (Lipinski definition) is 1. The van der Waals surface area contributed by atoms with Crippen LogP contribution in [0.25, 0.3) is 0 Å². The maximum Gasteiger partial charge on any atom is 0.0693 e. The van der Waals surface area contributed by atoms with Crippen LogP contribution in [0.2, 0.25) is 0 Å². The summed E-state index contributed by atoms with van der Waals surface area (Å²) in [6.07, 6.45) is 5.06. The largest absolute Gasteiger partial charge is 0.158 e. The van der Waals surface area contributed by atoms with Crippen molar-refractivity contribution < 1.29 is 0 Å². The van der Waals surface area contributed by atoms with Crippen LogP contribution in [0.1, 0.15) is 19.3 Å². The molecule has 2 aliphatic rings. The molecule has 1 aliphatic heterocycles. The first-order valence-corrected chi connectivity index (χ1v) is 3.93. The second-order valence-electron chi connectivity index (χ2n) is 2.61. The Morgan fingerprint density at radius 2 is 2.50 bits per heavy atom. The number of allylic oxidation sites excluding steroid dienone is 1. The number of hydrogen-bond donors (Lipinski definition) is 0. The van der Waals surface area contributed by atoms with E-state index in [0.717, 1.165) is 30.5 Å². The highest BCUT2D eigenvalue weighted by Gasteiger charge is 2.24. The first-order valence-electron chi connectivity index (χ1n) is 3.49. The topological polar surface area (TPSA) is 26.5 Å². The summed E-state index contributed by atoms with van der Waals surface area (Å²) in [5.41, 5.74) is 6.07. The molecule has 1 atom stereocenters. The lowest BCUT2D eigenvalue weighted by atomic mass is 9.94. The van der Waals surface area contributed by atoms with E-state index in [9.17, 15) is 0 Å². The van der Waals surface area contributed by atoms with Gasteiger partial charge >= 0.3 is 0 Å². The molecule has 0 saturated heterocycles. The van der Waals surface area contributed by atoms with Gasteiger partial charge in [-0.2, -0.15) is 10.5 Å². The first-order chi connectivity index (χ1) is 4.88. The summed E-state index contributed by atoms with van der Waals surface area (Å²) < 4.78 is 0. The Morgan fingerprint density at radius 3 is 3.30 bits per heavy atom. The standard InChI is InChI=1S/C7H8ClN2/c8-6-2-1-3-7-5(6)4-9-10-7/h4,6H,1-3H2. The Hall–Kier alpha value is -0.500. The Balaban J connectivity index is 2.26. The summed E-state index contributed by atoms with van der Waals surface area (Å²) in [7, 11) is 0. The van der Waals surface area contributed by atoms with E-state index in [0.29, 0.717) is 0 Å². The molecule has 0 amide bonds. The molecule has 0 aromatic heterocycles. The minimum Gasteiger partial charge on any atom is -0.158 e. The van der Waals surface area contributed by atoms with Crippen molar-refractivity contribution in [1.82, 2.24) is 5.43 Å². The predicted octanol–water partition coefficient (Wildman–Crippen LogP) is 1.64. The molecular weight excluding hydrogens is 148 g/mol. The molecular formula is C7H8ClN2. The van der Waals surface area contributed by atoms with Crippen LogP contribution < -0.4 is 5.43 Å². The van der Waals surface area contributed by atoms with Crippen LogP contribution >= 0.6 is 11.6 Å². The van der Waals surface area contributed by atoms with Crippen molar-refractivity contribution in [3.8, 4) is 0 Å². The highest BCUT2D eigenvalue weighted by molar-refractivity contribution is 6.27. The minimum atomic E-state index is 0.166. The second-order valence-corrected chi connectivity index (χ2v) is 3.13. The van der Waals surface area contributed by atoms with Crippen LogP contribution in [0.5, 0.6) is 0 Å². The Kier molecular flexibility index (Phi) is 1.42. The highest BCUT2D eigenvalue weighted by atomic mass is 35.5. The third kappa shape index (κ3) is 0.833. The molecule has 3 heteroatoms. The van der Waals surface area contributed by atoms with Crippen molar-refractivity contribution in [1.29, 1.82) is 0 Å². The van der Waals surface area contributed by atoms with Gasteiger partial charge in [-0.05, 0) is 19.3 Å². The van der Waals surface area contributed by atoms with Crippen molar-refractivity contribution in [2.45, 2.75) is 24.6 Å². The number of alkyl halides is 1. The summed E-state index contributed by atoms with van der Waals surface area (Å²) in [4.78, 5) is 0. The van der Waals surface area contributed by atoms with Crippen molar-refractivity contribution in [3.05, 3.63) is 11.8 Å². The molecule has 1 saturated carbocycles. The zero-order chi connectivity index (χ0) is 6.97. The van der Waals surface area contributed by atoms with E-state index in [-0.39, 0.29) is 5.38 Å². The molecule has 2 rings (SSSR count). The fraction of sp³-hybridized carbons (Fsp3) is 0.571. The lowest BCUT2D eigenvalue weighted by Crippen LogP contribution is -2.16. The molecule has 53 valence electrons. The highest BCUT2D eigenvalue weighted by Crippen LogP contribution is 2.27. The number of halogens is 1. The molecule has 0 aromatic carbocycles. The summed E-state index contributed by atoms with van der Waals surface area (Å²) in [6, 6.07) is 0. The van der Waals surface area contributed by atoms with Gasteiger partial charge in [0.05, 0.1) is 17.3 Å². The van der Waals surface area contributed by atoms with Gasteiger partial charge in [-0.1, -0.05) is 0 Å². The molecule has 1 fully saturated rings. The van der Waals surface area contributed by atoms with Gasteiger partial charge in [-0.25, -0.2) is 0 Å². The van der Waals surface area contributed by atoms with Crippen molar-refractivity contribution >= 4 is 17.3 Å². The normalized spacial score (nSPS) is 30.3. The molecule has 0 bridgehead atoms. The van der Waals surface area contributed by atoms with Crippen molar-refractivity contribution in [3.63, 3.8) is 0 Å². The molecule has 0 aromatic rings. The molecule has 1 unspecified atom stereocenters. The lowest BCUT2D eigenvalue weighted by molar-refractivity contribution is 0.743. The van der Waals surface area contributed by atoms with Gasteiger partial charge in [0.1, 0.15) is 0 Å². The first kappa shape index (κ1) is 6.23. The molecule has 2 nitrogen and oxygen atoms in total. The lowest BCUT2D eigenvalue weighted by Gasteiger charge is -2.17. The van der Waals surface area contributed by atoms with E-state index in [1.165, 1.54) is 0 Å². The summed E-state index contributed by atoms with van der Waals surface area (Å²) in [6.45, 7) is 0. The maximum atomic E-state index is 6.01. The van der Waals surface area contributed by atoms with Crippen LogP contribution in [-0.2, 0) is 0 Å². The summed E-state index contributed by atoms with van der Waals surface area (Å²) in [5.74, 6) is 0. The van der Waals surface area contributed by atoms with Crippen LogP contribution in [-0.4, -0.2) is 11.1 Å². The Labute approximate surface area is 64.9 Å². The fourth-order valence-corrected chi connectivity index (χ4v) is 1.69. The number of fused-ring (bicyclic) bond motifs is 1. The van der Waals surface area contributed by atoms with Gasteiger partial charge in [-0.3, -0.25) is 0 Å². The average Bonchev–Trinajstić information content (AvgIpc) is 2.36. The van der Waals surface area contributed by atoms with E-state index in [1.54, 1.807) is 6.20 Å². The van der Waals surface area contributed by atoms with Crippen LogP contribution in [0.3, 0.4) is 0 Å². The molecule has 10 heavy (non-hydrogen) atoms. The van der Waals surface area contributed by atoms with Crippen molar-refractivity contribution in [2.75, 3.05) is 0 Å². The van der Waals surface area contributed by atoms with Crippen molar-refractivity contribution in [2.24, 2.45) is 5.10 Å². The average molecular weight is 156 g/mol. The smallest absolute Gasteiger partial charge is 0.0693 e. The Morgan fingerprint density at radius 1 is 1.60 bits per heavy atom. The molecule has 1 aliphatic carbocycles. The summed E-state index contributed by atoms with van der Waals surface area (Å²) in [5, 5.41) is 4.14. The zero-order valence-electron chi connectivity index (χ0n) is 5.55. The summed E-state index contributed by atoms with van der Waals surface area (Å²) >= 11 is 6.01. The minimum absolute atomic E-state index is 0.166. The van der Waals surface area contributed by atoms with Gasteiger partial charge in [-0.15, -0.1) is 11.6 Å². The van der Waals surface area contributed by atoms with E-state index in [4.69, 9.17) is 11.6 Å². The maximum absolute atomic E-state index is 6.01. The predicted molar refractivity (Wildman–Crippen MR) is 41.1 cm³/mol. The molecule has 1 radical (unpaired) electrons. The zero-order valence-corrected chi connectivity index (χ0v) is 6.30. The van der Waals surface area contributed by atoms with E-state index < -0.39 is 0 Å². The van der Waals surface area contributed by atoms with Gasteiger partial charge in [0.15, 0.2) is 0 Å². The van der Waals surface area contributed by atoms with Gasteiger partial charge < -0.3 is 0 Å². The molecule has 0 N–H and O–H groups in total.